The summed E-state index contributed by atoms with van der Waals surface area (Å²) < 4.78 is 4.57. The number of allylic oxidation sites excluding steroid dienone is 1. The molecule has 0 aromatic heterocycles. The minimum atomic E-state index is -0.207. The average molecular weight is 168 g/mol. The Morgan fingerprint density at radius 2 is 2.50 bits per heavy atom. The van der Waals surface area contributed by atoms with Gasteiger partial charge in [-0.2, -0.15) is 0 Å². The number of carbonyl (C=O) groups excluding carboxylic acids is 1. The number of carbonyl (C=O) groups is 1. The van der Waals surface area contributed by atoms with E-state index in [1.54, 1.807) is 6.08 Å². The highest BCUT2D eigenvalue weighted by atomic mass is 16.5. The molecule has 1 aliphatic rings. The smallest absolute Gasteiger partial charge is 0.330 e. The molecule has 0 saturated heterocycles. The molecular weight excluding hydrogens is 152 g/mol. The normalized spacial score (nSPS) is 26.2. The van der Waals surface area contributed by atoms with Gasteiger partial charge in [-0.05, 0) is 25.2 Å². The van der Waals surface area contributed by atoms with Crippen LogP contribution in [0.3, 0.4) is 0 Å². The number of hydrogen-bond donors (Lipinski definition) is 0. The molecule has 1 unspecified atom stereocenters. The first-order valence-corrected chi connectivity index (χ1v) is 4.53. The molecule has 1 rings (SSSR count). The molecule has 0 heterocycles. The van der Waals surface area contributed by atoms with Crippen molar-refractivity contribution in [2.45, 2.75) is 32.6 Å². The van der Waals surface area contributed by atoms with Gasteiger partial charge in [0.2, 0.25) is 0 Å². The molecule has 1 atom stereocenters. The Bertz CT molecular complexity index is 194. The number of methoxy groups -OCH3 is 1. The van der Waals surface area contributed by atoms with E-state index in [1.165, 1.54) is 25.5 Å². The van der Waals surface area contributed by atoms with Gasteiger partial charge in [0.15, 0.2) is 0 Å². The van der Waals surface area contributed by atoms with Crippen molar-refractivity contribution in [3.05, 3.63) is 11.6 Å². The number of rotatable bonds is 2. The lowest BCUT2D eigenvalue weighted by Gasteiger charge is -2.01. The minimum absolute atomic E-state index is 0.207. The zero-order chi connectivity index (χ0) is 8.97. The first-order valence-electron chi connectivity index (χ1n) is 4.53. The van der Waals surface area contributed by atoms with Crippen LogP contribution in [0.1, 0.15) is 32.6 Å². The van der Waals surface area contributed by atoms with Gasteiger partial charge in [0.25, 0.3) is 0 Å². The second-order valence-corrected chi connectivity index (χ2v) is 3.34. The molecule has 0 bridgehead atoms. The molecule has 0 N–H and O–H groups in total. The fourth-order valence-electron chi connectivity index (χ4n) is 1.67. The maximum atomic E-state index is 10.9. The van der Waals surface area contributed by atoms with Crippen molar-refractivity contribution in [2.75, 3.05) is 7.11 Å². The largest absolute Gasteiger partial charge is 0.466 e. The van der Waals surface area contributed by atoms with E-state index in [0.29, 0.717) is 0 Å². The van der Waals surface area contributed by atoms with Crippen molar-refractivity contribution in [3.63, 3.8) is 0 Å². The summed E-state index contributed by atoms with van der Waals surface area (Å²) in [6.45, 7) is 2.20. The van der Waals surface area contributed by atoms with Crippen LogP contribution < -0.4 is 0 Å². The Balaban J connectivity index is 2.45. The van der Waals surface area contributed by atoms with Gasteiger partial charge in [-0.3, -0.25) is 0 Å². The average Bonchev–Trinajstić information content (AvgIpc) is 2.52. The van der Waals surface area contributed by atoms with Crippen LogP contribution in [0, 0.1) is 5.92 Å². The van der Waals surface area contributed by atoms with Gasteiger partial charge in [0.05, 0.1) is 7.11 Å². The number of hydrogen-bond acceptors (Lipinski definition) is 2. The number of esters is 1. The molecule has 0 radical (unpaired) electrons. The van der Waals surface area contributed by atoms with Crippen LogP contribution in [0.4, 0.5) is 0 Å². The predicted molar refractivity (Wildman–Crippen MR) is 47.7 cm³/mol. The third kappa shape index (κ3) is 2.36. The summed E-state index contributed by atoms with van der Waals surface area (Å²) in [7, 11) is 1.42. The van der Waals surface area contributed by atoms with E-state index in [0.717, 1.165) is 18.8 Å². The third-order valence-corrected chi connectivity index (χ3v) is 2.53. The van der Waals surface area contributed by atoms with Gasteiger partial charge in [-0.15, -0.1) is 0 Å². The highest BCUT2D eigenvalue weighted by molar-refractivity contribution is 5.82. The van der Waals surface area contributed by atoms with Crippen molar-refractivity contribution in [3.8, 4) is 0 Å². The Morgan fingerprint density at radius 1 is 1.75 bits per heavy atom. The summed E-state index contributed by atoms with van der Waals surface area (Å²) in [5, 5.41) is 0. The quantitative estimate of drug-likeness (QED) is 0.467. The molecule has 1 aliphatic carbocycles. The van der Waals surface area contributed by atoms with Gasteiger partial charge in [-0.25, -0.2) is 4.79 Å². The fourth-order valence-corrected chi connectivity index (χ4v) is 1.67. The lowest BCUT2D eigenvalue weighted by atomic mass is 10.1. The van der Waals surface area contributed by atoms with Crippen LogP contribution in [-0.4, -0.2) is 13.1 Å². The van der Waals surface area contributed by atoms with Crippen LogP contribution in [0.5, 0.6) is 0 Å². The lowest BCUT2D eigenvalue weighted by molar-refractivity contribution is -0.134. The van der Waals surface area contributed by atoms with Gasteiger partial charge in [0, 0.05) is 6.08 Å². The van der Waals surface area contributed by atoms with E-state index in [1.807, 2.05) is 0 Å². The van der Waals surface area contributed by atoms with Gasteiger partial charge in [-0.1, -0.05) is 18.9 Å². The van der Waals surface area contributed by atoms with Crippen molar-refractivity contribution >= 4 is 5.97 Å². The summed E-state index contributed by atoms with van der Waals surface area (Å²) >= 11 is 0. The highest BCUT2D eigenvalue weighted by Gasteiger charge is 2.18. The Kier molecular flexibility index (Phi) is 3.32. The second-order valence-electron chi connectivity index (χ2n) is 3.34. The van der Waals surface area contributed by atoms with Crippen LogP contribution in [0.2, 0.25) is 0 Å². The molecule has 1 fully saturated rings. The van der Waals surface area contributed by atoms with Crippen molar-refractivity contribution in [1.82, 2.24) is 0 Å². The van der Waals surface area contributed by atoms with E-state index in [9.17, 15) is 4.79 Å². The molecule has 0 aliphatic heterocycles. The Morgan fingerprint density at radius 3 is 3.00 bits per heavy atom. The van der Waals surface area contributed by atoms with E-state index in [2.05, 4.69) is 11.7 Å². The SMILES string of the molecule is CCC1CCC(=CC(=O)OC)C1. The summed E-state index contributed by atoms with van der Waals surface area (Å²) in [6.07, 6.45) is 6.27. The summed E-state index contributed by atoms with van der Waals surface area (Å²) in [6, 6.07) is 0. The fraction of sp³-hybridized carbons (Fsp3) is 0.700. The Hall–Kier alpha value is -0.790. The second kappa shape index (κ2) is 4.29. The molecule has 0 aromatic carbocycles. The van der Waals surface area contributed by atoms with Crippen molar-refractivity contribution in [2.24, 2.45) is 5.92 Å². The standard InChI is InChI=1S/C10H16O2/c1-3-8-4-5-9(6-8)7-10(11)12-2/h7-8H,3-6H2,1-2H3. The van der Waals surface area contributed by atoms with Crippen LogP contribution >= 0.6 is 0 Å². The van der Waals surface area contributed by atoms with Crippen LogP contribution in [-0.2, 0) is 9.53 Å². The van der Waals surface area contributed by atoms with E-state index < -0.39 is 0 Å². The zero-order valence-corrected chi connectivity index (χ0v) is 7.80. The maximum absolute atomic E-state index is 10.9. The van der Waals surface area contributed by atoms with E-state index in [-0.39, 0.29) is 5.97 Å². The van der Waals surface area contributed by atoms with Crippen LogP contribution in [0.25, 0.3) is 0 Å². The monoisotopic (exact) mass is 168 g/mol. The predicted octanol–water partition coefficient (Wildman–Crippen LogP) is 2.30. The minimum Gasteiger partial charge on any atom is -0.466 e. The molecule has 1 saturated carbocycles. The van der Waals surface area contributed by atoms with Crippen molar-refractivity contribution < 1.29 is 9.53 Å². The third-order valence-electron chi connectivity index (χ3n) is 2.53. The molecule has 0 amide bonds. The molecule has 0 spiro atoms. The molecular formula is C10H16O2. The van der Waals surface area contributed by atoms with E-state index in [4.69, 9.17) is 0 Å². The molecule has 68 valence electrons. The molecule has 0 aromatic rings. The summed E-state index contributed by atoms with van der Waals surface area (Å²) in [5.41, 5.74) is 1.26. The highest BCUT2D eigenvalue weighted by Crippen LogP contribution is 2.31. The summed E-state index contributed by atoms with van der Waals surface area (Å²) in [5.74, 6) is 0.586. The number of ether oxygens (including phenoxy) is 1. The van der Waals surface area contributed by atoms with Gasteiger partial charge >= 0.3 is 5.97 Å². The lowest BCUT2D eigenvalue weighted by Crippen LogP contribution is -1.96. The van der Waals surface area contributed by atoms with Crippen LogP contribution in [0.15, 0.2) is 11.6 Å². The molecule has 2 nitrogen and oxygen atoms in total. The van der Waals surface area contributed by atoms with E-state index >= 15 is 0 Å². The topological polar surface area (TPSA) is 26.3 Å². The summed E-state index contributed by atoms with van der Waals surface area (Å²) in [4.78, 5) is 10.9. The molecule has 2 heteroatoms. The van der Waals surface area contributed by atoms with Gasteiger partial charge < -0.3 is 4.74 Å². The first kappa shape index (κ1) is 9.30. The molecule has 12 heavy (non-hydrogen) atoms. The van der Waals surface area contributed by atoms with Gasteiger partial charge in [0.1, 0.15) is 0 Å². The zero-order valence-electron chi connectivity index (χ0n) is 7.80. The first-order chi connectivity index (χ1) is 5.76. The van der Waals surface area contributed by atoms with Crippen molar-refractivity contribution in [1.29, 1.82) is 0 Å². The Labute approximate surface area is 73.6 Å². The maximum Gasteiger partial charge on any atom is 0.330 e.